The summed E-state index contributed by atoms with van der Waals surface area (Å²) in [7, 11) is 1.66. The molecule has 2 atom stereocenters. The average Bonchev–Trinajstić information content (AvgIpc) is 2.74. The second-order valence-electron chi connectivity index (χ2n) is 2.40. The first-order valence-corrected chi connectivity index (χ1v) is 6.62. The third-order valence-electron chi connectivity index (χ3n) is 1.52. The molecule has 2 nitrogen and oxygen atoms in total. The molecule has 0 aromatic carbocycles. The molecule has 2 aromatic rings. The predicted molar refractivity (Wildman–Crippen MR) is 56.3 cm³/mol. The van der Waals surface area contributed by atoms with Crippen molar-refractivity contribution < 1.29 is 0 Å². The summed E-state index contributed by atoms with van der Waals surface area (Å²) in [6.45, 7) is 0. The Labute approximate surface area is 75.2 Å². The van der Waals surface area contributed by atoms with Crippen LogP contribution in [0.1, 0.15) is 0 Å². The van der Waals surface area contributed by atoms with Crippen LogP contribution in [0.5, 0.6) is 0 Å². The van der Waals surface area contributed by atoms with E-state index in [4.69, 9.17) is 0 Å². The fourth-order valence-electron chi connectivity index (χ4n) is 0.934. The molecule has 0 amide bonds. The van der Waals surface area contributed by atoms with Crippen molar-refractivity contribution in [3.05, 3.63) is 49.1 Å². The van der Waals surface area contributed by atoms with Crippen molar-refractivity contribution in [1.82, 2.24) is 8.68 Å². The third kappa shape index (κ3) is 1.97. The van der Waals surface area contributed by atoms with Crippen LogP contribution in [0.3, 0.4) is 0 Å². The highest BCUT2D eigenvalue weighted by molar-refractivity contribution is 8.10. The lowest BCUT2D eigenvalue weighted by Crippen LogP contribution is -1.75. The Kier molecular flexibility index (Phi) is 2.60. The Morgan fingerprint density at radius 2 is 0.917 bits per heavy atom. The Morgan fingerprint density at radius 1 is 0.583 bits per heavy atom. The zero-order valence-electron chi connectivity index (χ0n) is 6.51. The topological polar surface area (TPSA) is 9.86 Å². The molecule has 0 saturated heterocycles. The molecule has 12 heavy (non-hydrogen) atoms. The fraction of sp³-hybridized carbons (Fsp3) is 0. The number of rotatable bonds is 3. The van der Waals surface area contributed by atoms with E-state index in [2.05, 4.69) is 57.7 Å². The van der Waals surface area contributed by atoms with Gasteiger partial charge in [0.1, 0.15) is 0 Å². The van der Waals surface area contributed by atoms with Crippen LogP contribution >= 0.6 is 16.8 Å². The lowest BCUT2D eigenvalue weighted by molar-refractivity contribution is 1.27. The quantitative estimate of drug-likeness (QED) is 0.668. The average molecular weight is 196 g/mol. The van der Waals surface area contributed by atoms with Crippen molar-refractivity contribution >= 4 is 16.8 Å². The van der Waals surface area contributed by atoms with Gasteiger partial charge in [-0.25, -0.2) is 0 Å². The molecule has 2 heterocycles. The maximum absolute atomic E-state index is 2.22. The molecule has 2 aromatic heterocycles. The minimum Gasteiger partial charge on any atom is -0.330 e. The molecule has 2 unspecified atom stereocenters. The van der Waals surface area contributed by atoms with Crippen molar-refractivity contribution in [2.45, 2.75) is 0 Å². The maximum Gasteiger partial charge on any atom is 0.0240 e. The molecule has 0 aliphatic heterocycles. The van der Waals surface area contributed by atoms with E-state index in [-0.39, 0.29) is 0 Å². The van der Waals surface area contributed by atoms with Gasteiger partial charge in [-0.15, -0.1) is 0 Å². The lowest BCUT2D eigenvalue weighted by Gasteiger charge is -2.02. The molecule has 2 rings (SSSR count). The van der Waals surface area contributed by atoms with Gasteiger partial charge in [-0.2, -0.15) is 0 Å². The molecular weight excluding hydrogens is 186 g/mol. The van der Waals surface area contributed by atoms with Crippen LogP contribution < -0.4 is 0 Å². The SMILES string of the molecule is c1ccn(PPn2cccc2)c1. The van der Waals surface area contributed by atoms with Crippen molar-refractivity contribution in [3.8, 4) is 0 Å². The van der Waals surface area contributed by atoms with E-state index < -0.39 is 0 Å². The normalized spacial score (nSPS) is 12.3. The van der Waals surface area contributed by atoms with Crippen LogP contribution in [-0.2, 0) is 0 Å². The van der Waals surface area contributed by atoms with Crippen LogP contribution in [0.15, 0.2) is 49.1 Å². The smallest absolute Gasteiger partial charge is 0.0240 e. The number of hydrogen-bond donors (Lipinski definition) is 0. The van der Waals surface area contributed by atoms with Gasteiger partial charge in [0.2, 0.25) is 0 Å². The van der Waals surface area contributed by atoms with Crippen LogP contribution in [0, 0.1) is 0 Å². The standard InChI is InChI=1S/C8H10N2P2/c1-2-6-9(5-1)11-12-10-7-3-4-8-10/h1-8,11-12H. The fourth-order valence-corrected chi connectivity index (χ4v) is 3.39. The first kappa shape index (κ1) is 8.04. The molecule has 0 radical (unpaired) electrons. The van der Waals surface area contributed by atoms with E-state index in [1.165, 1.54) is 0 Å². The molecule has 0 aliphatic carbocycles. The van der Waals surface area contributed by atoms with E-state index >= 15 is 0 Å². The first-order valence-electron chi connectivity index (χ1n) is 3.73. The summed E-state index contributed by atoms with van der Waals surface area (Å²) in [5.74, 6) is 0. The van der Waals surface area contributed by atoms with E-state index in [1.54, 1.807) is 0 Å². The largest absolute Gasteiger partial charge is 0.330 e. The molecular formula is C8H10N2P2. The molecule has 0 saturated carbocycles. The molecule has 0 aliphatic rings. The Morgan fingerprint density at radius 3 is 1.25 bits per heavy atom. The minimum absolute atomic E-state index is 0.831. The van der Waals surface area contributed by atoms with Crippen LogP contribution in [0.2, 0.25) is 0 Å². The zero-order chi connectivity index (χ0) is 8.23. The number of nitrogens with zero attached hydrogens (tertiary/aromatic N) is 2. The minimum atomic E-state index is 0.831. The number of aromatic nitrogens is 2. The van der Waals surface area contributed by atoms with Gasteiger partial charge in [0.05, 0.1) is 0 Å². The highest BCUT2D eigenvalue weighted by Gasteiger charge is 1.89. The Bertz CT molecular complexity index is 278. The van der Waals surface area contributed by atoms with Crippen molar-refractivity contribution in [2.24, 2.45) is 0 Å². The van der Waals surface area contributed by atoms with Gasteiger partial charge in [0.15, 0.2) is 0 Å². The van der Waals surface area contributed by atoms with Gasteiger partial charge in [-0.3, -0.25) is 0 Å². The Balaban J connectivity index is 1.91. The summed E-state index contributed by atoms with van der Waals surface area (Å²) in [4.78, 5) is 0. The molecule has 0 spiro atoms. The first-order chi connectivity index (χ1) is 5.95. The van der Waals surface area contributed by atoms with E-state index in [1.807, 2.05) is 0 Å². The maximum atomic E-state index is 2.22. The van der Waals surface area contributed by atoms with E-state index in [0.717, 1.165) is 16.8 Å². The van der Waals surface area contributed by atoms with Gasteiger partial charge in [-0.1, -0.05) is 0 Å². The highest BCUT2D eigenvalue weighted by Crippen LogP contribution is 2.38. The Hall–Kier alpha value is -0.580. The second kappa shape index (κ2) is 3.89. The number of hydrogen-bond acceptors (Lipinski definition) is 0. The summed E-state index contributed by atoms with van der Waals surface area (Å²) < 4.78 is 4.44. The van der Waals surface area contributed by atoms with Crippen LogP contribution in [-0.4, -0.2) is 8.68 Å². The predicted octanol–water partition coefficient (Wildman–Crippen LogP) is 2.79. The van der Waals surface area contributed by atoms with Crippen molar-refractivity contribution in [1.29, 1.82) is 0 Å². The second-order valence-corrected chi connectivity index (χ2v) is 5.23. The van der Waals surface area contributed by atoms with E-state index in [9.17, 15) is 0 Å². The van der Waals surface area contributed by atoms with Crippen molar-refractivity contribution in [2.75, 3.05) is 0 Å². The summed E-state index contributed by atoms with van der Waals surface area (Å²) in [6.07, 6.45) is 8.42. The summed E-state index contributed by atoms with van der Waals surface area (Å²) in [5.41, 5.74) is 0. The molecule has 62 valence electrons. The monoisotopic (exact) mass is 196 g/mol. The molecule has 0 bridgehead atoms. The van der Waals surface area contributed by atoms with Crippen molar-refractivity contribution in [3.63, 3.8) is 0 Å². The van der Waals surface area contributed by atoms with Gasteiger partial charge in [0, 0.05) is 41.6 Å². The van der Waals surface area contributed by atoms with Gasteiger partial charge < -0.3 is 8.68 Å². The summed E-state index contributed by atoms with van der Waals surface area (Å²) in [6, 6.07) is 8.25. The molecule has 0 N–H and O–H groups in total. The third-order valence-corrected chi connectivity index (χ3v) is 4.58. The van der Waals surface area contributed by atoms with Crippen LogP contribution in [0.25, 0.3) is 0 Å². The molecule has 0 fully saturated rings. The van der Waals surface area contributed by atoms with Gasteiger partial charge >= 0.3 is 0 Å². The lowest BCUT2D eigenvalue weighted by atomic mass is 10.7. The van der Waals surface area contributed by atoms with E-state index in [0.29, 0.717) is 0 Å². The zero-order valence-corrected chi connectivity index (χ0v) is 8.51. The van der Waals surface area contributed by atoms with Gasteiger partial charge in [-0.05, 0) is 24.3 Å². The van der Waals surface area contributed by atoms with Crippen LogP contribution in [0.4, 0.5) is 0 Å². The summed E-state index contributed by atoms with van der Waals surface area (Å²) in [5, 5.41) is 0. The summed E-state index contributed by atoms with van der Waals surface area (Å²) >= 11 is 0. The van der Waals surface area contributed by atoms with Gasteiger partial charge in [0.25, 0.3) is 0 Å². The molecule has 4 heteroatoms. The highest BCUT2D eigenvalue weighted by atomic mass is 32.0.